The maximum atomic E-state index is 12.8. The Labute approximate surface area is 145 Å². The Bertz CT molecular complexity index is 1140. The van der Waals surface area contributed by atoms with E-state index < -0.39 is 11.7 Å². The van der Waals surface area contributed by atoms with Crippen molar-refractivity contribution in [3.63, 3.8) is 0 Å². The third kappa shape index (κ3) is 2.77. The number of aromatic nitrogens is 3. The number of pyridine rings is 2. The van der Waals surface area contributed by atoms with Crippen LogP contribution in [0, 0.1) is 0 Å². The standard InChI is InChI=1S/C19H12F3N3O/c20-19(21,22)13-3-5-14(6-4-13)25-11-16(12-7-9-23-17(26)10-12)15-2-1-8-24-18(15)25/h1-11H,(H,23,26). The summed E-state index contributed by atoms with van der Waals surface area (Å²) in [5, 5.41) is 0.804. The average molecular weight is 355 g/mol. The van der Waals surface area contributed by atoms with Gasteiger partial charge in [-0.15, -0.1) is 0 Å². The summed E-state index contributed by atoms with van der Waals surface area (Å²) in [6.45, 7) is 0. The first-order chi connectivity index (χ1) is 12.4. The molecule has 0 bridgehead atoms. The van der Waals surface area contributed by atoms with Gasteiger partial charge in [-0.05, 0) is 48.0 Å². The van der Waals surface area contributed by atoms with Crippen molar-refractivity contribution in [3.05, 3.63) is 83.0 Å². The first-order valence-electron chi connectivity index (χ1n) is 7.76. The monoisotopic (exact) mass is 355 g/mol. The molecule has 0 radical (unpaired) electrons. The van der Waals surface area contributed by atoms with Crippen molar-refractivity contribution in [2.24, 2.45) is 0 Å². The molecule has 0 aliphatic carbocycles. The summed E-state index contributed by atoms with van der Waals surface area (Å²) in [5.41, 5.74) is 1.69. The van der Waals surface area contributed by atoms with Gasteiger partial charge in [-0.2, -0.15) is 13.2 Å². The molecule has 0 fully saturated rings. The number of H-pyrrole nitrogens is 1. The fraction of sp³-hybridized carbons (Fsp3) is 0.0526. The highest BCUT2D eigenvalue weighted by Gasteiger charge is 2.30. The minimum Gasteiger partial charge on any atom is -0.329 e. The Morgan fingerprint density at radius 1 is 1.04 bits per heavy atom. The Morgan fingerprint density at radius 3 is 2.50 bits per heavy atom. The van der Waals surface area contributed by atoms with E-state index in [-0.39, 0.29) is 5.56 Å². The van der Waals surface area contributed by atoms with Gasteiger partial charge >= 0.3 is 6.18 Å². The number of aromatic amines is 1. The van der Waals surface area contributed by atoms with Gasteiger partial charge in [0.05, 0.1) is 5.56 Å². The van der Waals surface area contributed by atoms with Gasteiger partial charge in [0.1, 0.15) is 5.65 Å². The minimum absolute atomic E-state index is 0.234. The topological polar surface area (TPSA) is 50.7 Å². The van der Waals surface area contributed by atoms with E-state index in [4.69, 9.17) is 0 Å². The molecule has 0 spiro atoms. The molecule has 3 heterocycles. The zero-order valence-electron chi connectivity index (χ0n) is 13.3. The highest BCUT2D eigenvalue weighted by atomic mass is 19.4. The molecule has 1 aromatic carbocycles. The number of hydrogen-bond acceptors (Lipinski definition) is 2. The van der Waals surface area contributed by atoms with Gasteiger partial charge in [-0.25, -0.2) is 4.98 Å². The first-order valence-corrected chi connectivity index (χ1v) is 7.76. The third-order valence-electron chi connectivity index (χ3n) is 4.12. The Hall–Kier alpha value is -3.35. The number of halogens is 3. The van der Waals surface area contributed by atoms with Crippen molar-refractivity contribution >= 4 is 11.0 Å². The lowest BCUT2D eigenvalue weighted by Crippen LogP contribution is -2.05. The predicted octanol–water partition coefficient (Wildman–Crippen LogP) is 4.40. The van der Waals surface area contributed by atoms with Crippen molar-refractivity contribution in [1.29, 1.82) is 0 Å². The molecule has 0 aliphatic rings. The summed E-state index contributed by atoms with van der Waals surface area (Å²) < 4.78 is 40.1. The predicted molar refractivity (Wildman–Crippen MR) is 92.1 cm³/mol. The van der Waals surface area contributed by atoms with Crippen LogP contribution in [-0.4, -0.2) is 14.5 Å². The summed E-state index contributed by atoms with van der Waals surface area (Å²) in [7, 11) is 0. The van der Waals surface area contributed by atoms with Crippen molar-refractivity contribution in [1.82, 2.24) is 14.5 Å². The molecule has 0 atom stereocenters. The van der Waals surface area contributed by atoms with Gasteiger partial charge in [-0.3, -0.25) is 4.79 Å². The number of nitrogens with one attached hydrogen (secondary N) is 1. The summed E-state index contributed by atoms with van der Waals surface area (Å²) >= 11 is 0. The molecule has 130 valence electrons. The molecular weight excluding hydrogens is 343 g/mol. The van der Waals surface area contributed by atoms with Crippen LogP contribution in [0.1, 0.15) is 5.56 Å². The maximum Gasteiger partial charge on any atom is 0.416 e. The van der Waals surface area contributed by atoms with E-state index in [1.165, 1.54) is 18.2 Å². The van der Waals surface area contributed by atoms with Gasteiger partial charge in [0.2, 0.25) is 5.56 Å². The van der Waals surface area contributed by atoms with E-state index in [2.05, 4.69) is 9.97 Å². The number of fused-ring (bicyclic) bond motifs is 1. The Morgan fingerprint density at radius 2 is 1.81 bits per heavy atom. The molecule has 0 aliphatic heterocycles. The van der Waals surface area contributed by atoms with Crippen molar-refractivity contribution in [2.75, 3.05) is 0 Å². The van der Waals surface area contributed by atoms with Gasteiger partial charge in [0, 0.05) is 41.3 Å². The normalized spacial score (nSPS) is 11.8. The van der Waals surface area contributed by atoms with Crippen molar-refractivity contribution < 1.29 is 13.2 Å². The molecule has 3 aromatic heterocycles. The van der Waals surface area contributed by atoms with Crippen LogP contribution in [0.5, 0.6) is 0 Å². The molecule has 1 N–H and O–H groups in total. The second-order valence-electron chi connectivity index (χ2n) is 5.77. The number of benzene rings is 1. The molecule has 4 rings (SSSR count). The van der Waals surface area contributed by atoms with Crippen LogP contribution in [0.4, 0.5) is 13.2 Å². The van der Waals surface area contributed by atoms with E-state index >= 15 is 0 Å². The highest BCUT2D eigenvalue weighted by molar-refractivity contribution is 5.94. The molecule has 0 amide bonds. The molecule has 0 saturated carbocycles. The largest absolute Gasteiger partial charge is 0.416 e. The molecule has 0 unspecified atom stereocenters. The lowest BCUT2D eigenvalue weighted by Gasteiger charge is -2.08. The van der Waals surface area contributed by atoms with Crippen LogP contribution in [0.3, 0.4) is 0 Å². The van der Waals surface area contributed by atoms with Crippen LogP contribution >= 0.6 is 0 Å². The summed E-state index contributed by atoms with van der Waals surface area (Å²) in [6.07, 6.45) is 0.556. The number of rotatable bonds is 2. The van der Waals surface area contributed by atoms with Gasteiger partial charge in [0.15, 0.2) is 0 Å². The lowest BCUT2D eigenvalue weighted by atomic mass is 10.1. The van der Waals surface area contributed by atoms with E-state index in [9.17, 15) is 18.0 Å². The molecule has 4 aromatic rings. The lowest BCUT2D eigenvalue weighted by molar-refractivity contribution is -0.137. The van der Waals surface area contributed by atoms with E-state index in [0.717, 1.165) is 23.1 Å². The SMILES string of the molecule is O=c1cc(-c2cn(-c3ccc(C(F)(F)F)cc3)c3ncccc23)cc[nH]1. The molecule has 4 nitrogen and oxygen atoms in total. The maximum absolute atomic E-state index is 12.8. The number of nitrogens with zero attached hydrogens (tertiary/aromatic N) is 2. The quantitative estimate of drug-likeness (QED) is 0.579. The van der Waals surface area contributed by atoms with Crippen molar-refractivity contribution in [2.45, 2.75) is 6.18 Å². The Kier molecular flexibility index (Phi) is 3.64. The van der Waals surface area contributed by atoms with E-state index in [1.54, 1.807) is 35.3 Å². The van der Waals surface area contributed by atoms with Gasteiger partial charge < -0.3 is 9.55 Å². The zero-order valence-corrected chi connectivity index (χ0v) is 13.3. The van der Waals surface area contributed by atoms with Crippen LogP contribution in [0.2, 0.25) is 0 Å². The van der Waals surface area contributed by atoms with Crippen LogP contribution < -0.4 is 5.56 Å². The molecule has 26 heavy (non-hydrogen) atoms. The summed E-state index contributed by atoms with van der Waals surface area (Å²) in [6, 6.07) is 11.7. The zero-order chi connectivity index (χ0) is 18.3. The minimum atomic E-state index is -4.38. The van der Waals surface area contributed by atoms with Crippen LogP contribution in [-0.2, 0) is 6.18 Å². The smallest absolute Gasteiger partial charge is 0.329 e. The first kappa shape index (κ1) is 16.1. The molecule has 0 saturated heterocycles. The number of alkyl halides is 3. The second-order valence-corrected chi connectivity index (χ2v) is 5.77. The van der Waals surface area contributed by atoms with E-state index in [0.29, 0.717) is 16.9 Å². The molecular formula is C19H12F3N3O. The highest BCUT2D eigenvalue weighted by Crippen LogP contribution is 2.33. The number of hydrogen-bond donors (Lipinski definition) is 1. The van der Waals surface area contributed by atoms with Crippen LogP contribution in [0.15, 0.2) is 71.9 Å². The van der Waals surface area contributed by atoms with E-state index in [1.807, 2.05) is 6.07 Å². The molecule has 7 heteroatoms. The summed E-state index contributed by atoms with van der Waals surface area (Å²) in [4.78, 5) is 18.5. The average Bonchev–Trinajstić information content (AvgIpc) is 3.01. The fourth-order valence-electron chi connectivity index (χ4n) is 2.91. The van der Waals surface area contributed by atoms with Crippen molar-refractivity contribution in [3.8, 4) is 16.8 Å². The van der Waals surface area contributed by atoms with Gasteiger partial charge in [-0.1, -0.05) is 0 Å². The Balaban J connectivity index is 1.90. The third-order valence-corrected chi connectivity index (χ3v) is 4.12. The van der Waals surface area contributed by atoms with Gasteiger partial charge in [0.25, 0.3) is 0 Å². The second kappa shape index (κ2) is 5.87. The van der Waals surface area contributed by atoms with Crippen LogP contribution in [0.25, 0.3) is 27.8 Å². The summed E-state index contributed by atoms with van der Waals surface area (Å²) in [5.74, 6) is 0. The fourth-order valence-corrected chi connectivity index (χ4v) is 2.91.